The molecule has 0 amide bonds. The van der Waals surface area contributed by atoms with Gasteiger partial charge in [-0.15, -0.1) is 0 Å². The molecule has 1 N–H and O–H groups in total. The first kappa shape index (κ1) is 11.5. The molecule has 0 saturated carbocycles. The summed E-state index contributed by atoms with van der Waals surface area (Å²) in [7, 11) is 0. The predicted molar refractivity (Wildman–Crippen MR) is 56.1 cm³/mol. The molecule has 1 heterocycles. The van der Waals surface area contributed by atoms with Crippen molar-refractivity contribution >= 4 is 5.97 Å². The van der Waals surface area contributed by atoms with Gasteiger partial charge in [0.05, 0.1) is 0 Å². The molecule has 3 nitrogen and oxygen atoms in total. The SMILES string of the molecule is CCCCCC1CNCC1OC(C)=O. The van der Waals surface area contributed by atoms with E-state index in [0.29, 0.717) is 5.92 Å². The van der Waals surface area contributed by atoms with Crippen molar-refractivity contribution in [1.29, 1.82) is 0 Å². The summed E-state index contributed by atoms with van der Waals surface area (Å²) in [5.74, 6) is 0.379. The second kappa shape index (κ2) is 6.02. The number of esters is 1. The first-order valence-electron chi connectivity index (χ1n) is 5.62. The maximum atomic E-state index is 10.8. The van der Waals surface area contributed by atoms with E-state index in [0.717, 1.165) is 13.1 Å². The third-order valence-corrected chi connectivity index (χ3v) is 2.77. The van der Waals surface area contributed by atoms with E-state index in [4.69, 9.17) is 4.74 Å². The zero-order chi connectivity index (χ0) is 10.4. The Kier molecular flexibility index (Phi) is 4.94. The number of carbonyl (C=O) groups is 1. The van der Waals surface area contributed by atoms with E-state index in [9.17, 15) is 4.79 Å². The van der Waals surface area contributed by atoms with E-state index < -0.39 is 0 Å². The van der Waals surface area contributed by atoms with Crippen LogP contribution >= 0.6 is 0 Å². The minimum atomic E-state index is -0.154. The lowest BCUT2D eigenvalue weighted by atomic mass is 9.98. The summed E-state index contributed by atoms with van der Waals surface area (Å²) in [5, 5.41) is 3.28. The van der Waals surface area contributed by atoms with Gasteiger partial charge in [-0.1, -0.05) is 26.2 Å². The minimum absolute atomic E-state index is 0.115. The van der Waals surface area contributed by atoms with Crippen molar-refractivity contribution in [2.45, 2.75) is 45.6 Å². The van der Waals surface area contributed by atoms with Crippen molar-refractivity contribution < 1.29 is 9.53 Å². The van der Waals surface area contributed by atoms with Gasteiger partial charge in [0.25, 0.3) is 0 Å². The first-order chi connectivity index (χ1) is 6.74. The number of rotatable bonds is 5. The standard InChI is InChI=1S/C11H21NO2/c1-3-4-5-6-10-7-12-8-11(10)14-9(2)13/h10-12H,3-8H2,1-2H3. The molecule has 0 radical (unpaired) electrons. The van der Waals surface area contributed by atoms with E-state index >= 15 is 0 Å². The lowest BCUT2D eigenvalue weighted by molar-refractivity contribution is -0.147. The molecule has 82 valence electrons. The number of unbranched alkanes of at least 4 members (excludes halogenated alkanes) is 2. The maximum absolute atomic E-state index is 10.8. The molecule has 2 unspecified atom stereocenters. The van der Waals surface area contributed by atoms with Crippen molar-refractivity contribution in [1.82, 2.24) is 5.32 Å². The summed E-state index contributed by atoms with van der Waals surface area (Å²) in [5.41, 5.74) is 0. The average Bonchev–Trinajstić information content (AvgIpc) is 2.52. The van der Waals surface area contributed by atoms with Crippen LogP contribution in [0.25, 0.3) is 0 Å². The van der Waals surface area contributed by atoms with E-state index in [1.54, 1.807) is 0 Å². The highest BCUT2D eigenvalue weighted by Gasteiger charge is 2.28. The Morgan fingerprint density at radius 2 is 2.21 bits per heavy atom. The predicted octanol–water partition coefficient (Wildman–Crippen LogP) is 1.72. The Hall–Kier alpha value is -0.570. The highest BCUT2D eigenvalue weighted by Crippen LogP contribution is 2.19. The molecular weight excluding hydrogens is 178 g/mol. The van der Waals surface area contributed by atoms with Crippen LogP contribution in [0.3, 0.4) is 0 Å². The Bertz CT molecular complexity index is 182. The van der Waals surface area contributed by atoms with Gasteiger partial charge in [0.15, 0.2) is 0 Å². The molecular formula is C11H21NO2. The maximum Gasteiger partial charge on any atom is 0.302 e. The van der Waals surface area contributed by atoms with Crippen LogP contribution in [0.4, 0.5) is 0 Å². The fraction of sp³-hybridized carbons (Fsp3) is 0.909. The lowest BCUT2D eigenvalue weighted by Gasteiger charge is -2.17. The molecule has 1 aliphatic heterocycles. The van der Waals surface area contributed by atoms with E-state index in [1.165, 1.54) is 32.6 Å². The zero-order valence-electron chi connectivity index (χ0n) is 9.21. The highest BCUT2D eigenvalue weighted by atomic mass is 16.5. The summed E-state index contributed by atoms with van der Waals surface area (Å²) in [4.78, 5) is 10.8. The normalized spacial score (nSPS) is 26.4. The molecule has 0 aromatic rings. The van der Waals surface area contributed by atoms with Gasteiger partial charge >= 0.3 is 5.97 Å². The van der Waals surface area contributed by atoms with Gasteiger partial charge < -0.3 is 10.1 Å². The number of nitrogens with one attached hydrogen (secondary N) is 1. The topological polar surface area (TPSA) is 38.3 Å². The molecule has 1 aliphatic rings. The summed E-state index contributed by atoms with van der Waals surface area (Å²) in [6, 6.07) is 0. The summed E-state index contributed by atoms with van der Waals surface area (Å²) >= 11 is 0. The van der Waals surface area contributed by atoms with Gasteiger partial charge in [-0.2, -0.15) is 0 Å². The van der Waals surface area contributed by atoms with Gasteiger partial charge in [-0.25, -0.2) is 0 Å². The van der Waals surface area contributed by atoms with Gasteiger partial charge in [0, 0.05) is 25.9 Å². The van der Waals surface area contributed by atoms with Crippen LogP contribution in [0, 0.1) is 5.92 Å². The molecule has 1 saturated heterocycles. The van der Waals surface area contributed by atoms with Crippen molar-refractivity contribution in [2.24, 2.45) is 5.92 Å². The van der Waals surface area contributed by atoms with E-state index in [2.05, 4.69) is 12.2 Å². The first-order valence-corrected chi connectivity index (χ1v) is 5.62. The fourth-order valence-electron chi connectivity index (χ4n) is 2.00. The van der Waals surface area contributed by atoms with Crippen molar-refractivity contribution in [3.63, 3.8) is 0 Å². The second-order valence-corrected chi connectivity index (χ2v) is 4.06. The second-order valence-electron chi connectivity index (χ2n) is 4.06. The van der Waals surface area contributed by atoms with Gasteiger partial charge in [0.1, 0.15) is 6.10 Å². The molecule has 0 aromatic heterocycles. The molecule has 0 aliphatic carbocycles. The van der Waals surface area contributed by atoms with Crippen molar-refractivity contribution in [3.8, 4) is 0 Å². The molecule has 0 spiro atoms. The quantitative estimate of drug-likeness (QED) is 0.541. The molecule has 1 rings (SSSR count). The van der Waals surface area contributed by atoms with Crippen LogP contribution in [0.5, 0.6) is 0 Å². The third kappa shape index (κ3) is 3.66. The van der Waals surface area contributed by atoms with Crippen LogP contribution in [-0.4, -0.2) is 25.2 Å². The molecule has 14 heavy (non-hydrogen) atoms. The number of ether oxygens (including phenoxy) is 1. The Morgan fingerprint density at radius 1 is 1.43 bits per heavy atom. The van der Waals surface area contributed by atoms with Crippen LogP contribution in [0.1, 0.15) is 39.5 Å². The van der Waals surface area contributed by atoms with Crippen molar-refractivity contribution in [2.75, 3.05) is 13.1 Å². The van der Waals surface area contributed by atoms with Crippen LogP contribution < -0.4 is 5.32 Å². The zero-order valence-corrected chi connectivity index (χ0v) is 9.21. The van der Waals surface area contributed by atoms with Crippen LogP contribution in [-0.2, 0) is 9.53 Å². The monoisotopic (exact) mass is 199 g/mol. The molecule has 3 heteroatoms. The largest absolute Gasteiger partial charge is 0.461 e. The third-order valence-electron chi connectivity index (χ3n) is 2.77. The highest BCUT2D eigenvalue weighted by molar-refractivity contribution is 5.66. The number of hydrogen-bond donors (Lipinski definition) is 1. The molecule has 0 aromatic carbocycles. The Labute approximate surface area is 86.2 Å². The Morgan fingerprint density at radius 3 is 2.86 bits per heavy atom. The molecule has 0 bridgehead atoms. The van der Waals surface area contributed by atoms with E-state index in [-0.39, 0.29) is 12.1 Å². The number of hydrogen-bond acceptors (Lipinski definition) is 3. The summed E-state index contributed by atoms with van der Waals surface area (Å²) in [6.45, 7) is 5.52. The molecule has 2 atom stereocenters. The van der Waals surface area contributed by atoms with E-state index in [1.807, 2.05) is 0 Å². The van der Waals surface area contributed by atoms with Crippen LogP contribution in [0.2, 0.25) is 0 Å². The fourth-order valence-corrected chi connectivity index (χ4v) is 2.00. The average molecular weight is 199 g/mol. The van der Waals surface area contributed by atoms with Crippen molar-refractivity contribution in [3.05, 3.63) is 0 Å². The molecule has 1 fully saturated rings. The van der Waals surface area contributed by atoms with Crippen LogP contribution in [0.15, 0.2) is 0 Å². The van der Waals surface area contributed by atoms with Gasteiger partial charge in [0.2, 0.25) is 0 Å². The van der Waals surface area contributed by atoms with Gasteiger partial charge in [-0.3, -0.25) is 4.79 Å². The summed E-state index contributed by atoms with van der Waals surface area (Å²) < 4.78 is 5.25. The minimum Gasteiger partial charge on any atom is -0.461 e. The summed E-state index contributed by atoms with van der Waals surface area (Å²) in [6.07, 6.45) is 5.07. The Balaban J connectivity index is 2.24. The number of carbonyl (C=O) groups excluding carboxylic acids is 1. The van der Waals surface area contributed by atoms with Gasteiger partial charge in [-0.05, 0) is 6.42 Å². The lowest BCUT2D eigenvalue weighted by Crippen LogP contribution is -2.24. The smallest absolute Gasteiger partial charge is 0.302 e.